The first-order valence-electron chi connectivity index (χ1n) is 4.64. The molecule has 0 N–H and O–H groups in total. The molecular weight excluding hydrogens is 258 g/mol. The van der Waals surface area contributed by atoms with Gasteiger partial charge < -0.3 is 4.57 Å². The highest BCUT2D eigenvalue weighted by molar-refractivity contribution is 9.10. The molecule has 1 aromatic heterocycles. The van der Waals surface area contributed by atoms with E-state index in [1.807, 2.05) is 0 Å². The minimum absolute atomic E-state index is 0.797. The van der Waals surface area contributed by atoms with E-state index >= 15 is 0 Å². The minimum Gasteiger partial charge on any atom is -0.347 e. The van der Waals surface area contributed by atoms with Gasteiger partial charge in [0.2, 0.25) is 0 Å². The van der Waals surface area contributed by atoms with E-state index in [4.69, 9.17) is 0 Å². The van der Waals surface area contributed by atoms with Gasteiger partial charge in [-0.2, -0.15) is 12.6 Å². The lowest BCUT2D eigenvalue weighted by Crippen LogP contribution is -1.90. The zero-order valence-corrected chi connectivity index (χ0v) is 10.5. The summed E-state index contributed by atoms with van der Waals surface area (Å²) < 4.78 is 3.38. The molecule has 2 aromatic rings. The van der Waals surface area contributed by atoms with Crippen molar-refractivity contribution in [3.8, 4) is 0 Å². The summed E-state index contributed by atoms with van der Waals surface area (Å²) in [7, 11) is 0. The fraction of sp³-hybridized carbons (Fsp3) is 0.273. The molecular formula is C11H12BrNS. The van der Waals surface area contributed by atoms with E-state index in [2.05, 4.69) is 64.4 Å². The maximum atomic E-state index is 4.34. The summed E-state index contributed by atoms with van der Waals surface area (Å²) in [6, 6.07) is 6.39. The van der Waals surface area contributed by atoms with Crippen molar-refractivity contribution in [1.29, 1.82) is 0 Å². The Bertz CT molecular complexity index is 462. The predicted molar refractivity (Wildman–Crippen MR) is 68.0 cm³/mol. The van der Waals surface area contributed by atoms with Crippen molar-refractivity contribution in [3.05, 3.63) is 34.4 Å². The molecule has 0 saturated carbocycles. The van der Waals surface area contributed by atoms with Gasteiger partial charge in [-0.05, 0) is 24.6 Å². The molecule has 0 atom stereocenters. The Labute approximate surface area is 97.6 Å². The number of halogens is 1. The Morgan fingerprint density at radius 1 is 1.43 bits per heavy atom. The van der Waals surface area contributed by atoms with Gasteiger partial charge in [-0.1, -0.05) is 22.0 Å². The quantitative estimate of drug-likeness (QED) is 0.791. The molecule has 1 heterocycles. The van der Waals surface area contributed by atoms with E-state index in [9.17, 15) is 0 Å². The van der Waals surface area contributed by atoms with Crippen LogP contribution in [0.4, 0.5) is 0 Å². The van der Waals surface area contributed by atoms with Crippen molar-refractivity contribution in [2.45, 2.75) is 19.2 Å². The summed E-state index contributed by atoms with van der Waals surface area (Å²) in [6.07, 6.45) is 2.18. The second-order valence-electron chi connectivity index (χ2n) is 3.26. The van der Waals surface area contributed by atoms with Gasteiger partial charge in [0.1, 0.15) is 0 Å². The number of hydrogen-bond donors (Lipinski definition) is 1. The van der Waals surface area contributed by atoms with E-state index in [-0.39, 0.29) is 0 Å². The van der Waals surface area contributed by atoms with Crippen LogP contribution in [0, 0.1) is 0 Å². The molecule has 14 heavy (non-hydrogen) atoms. The molecule has 0 radical (unpaired) electrons. The van der Waals surface area contributed by atoms with Crippen molar-refractivity contribution in [3.63, 3.8) is 0 Å². The third kappa shape index (κ3) is 1.59. The van der Waals surface area contributed by atoms with Crippen molar-refractivity contribution in [2.24, 2.45) is 0 Å². The van der Waals surface area contributed by atoms with Crippen molar-refractivity contribution in [2.75, 3.05) is 0 Å². The first-order valence-corrected chi connectivity index (χ1v) is 6.07. The molecule has 0 unspecified atom stereocenters. The van der Waals surface area contributed by atoms with Crippen molar-refractivity contribution in [1.82, 2.24) is 4.57 Å². The van der Waals surface area contributed by atoms with E-state index in [0.29, 0.717) is 0 Å². The normalized spacial score (nSPS) is 11.1. The van der Waals surface area contributed by atoms with Crippen LogP contribution in [-0.4, -0.2) is 4.57 Å². The van der Waals surface area contributed by atoms with Crippen LogP contribution in [-0.2, 0) is 12.3 Å². The third-order valence-corrected chi connectivity index (χ3v) is 3.27. The van der Waals surface area contributed by atoms with Crippen LogP contribution in [0.25, 0.3) is 10.9 Å². The number of aromatic nitrogens is 1. The zero-order chi connectivity index (χ0) is 10.1. The Morgan fingerprint density at radius 2 is 2.21 bits per heavy atom. The summed E-state index contributed by atoms with van der Waals surface area (Å²) in [5.41, 5.74) is 2.59. The van der Waals surface area contributed by atoms with Crippen molar-refractivity contribution >= 4 is 39.5 Å². The van der Waals surface area contributed by atoms with Crippen LogP contribution in [0.5, 0.6) is 0 Å². The number of hydrogen-bond acceptors (Lipinski definition) is 1. The van der Waals surface area contributed by atoms with Gasteiger partial charge in [-0.3, -0.25) is 0 Å². The van der Waals surface area contributed by atoms with Crippen LogP contribution in [0.15, 0.2) is 28.9 Å². The molecule has 0 aliphatic carbocycles. The van der Waals surface area contributed by atoms with Crippen LogP contribution in [0.1, 0.15) is 12.5 Å². The molecule has 0 bridgehead atoms. The SMILES string of the molecule is CCn1cc(CS)c2ccc(Br)cc21. The van der Waals surface area contributed by atoms with Gasteiger partial charge in [0.25, 0.3) is 0 Å². The number of thiol groups is 1. The summed E-state index contributed by atoms with van der Waals surface area (Å²) in [5, 5.41) is 1.31. The van der Waals surface area contributed by atoms with Crippen molar-refractivity contribution < 1.29 is 0 Å². The Morgan fingerprint density at radius 3 is 2.86 bits per heavy atom. The van der Waals surface area contributed by atoms with Gasteiger partial charge in [0, 0.05) is 33.9 Å². The lowest BCUT2D eigenvalue weighted by Gasteiger charge is -1.99. The molecule has 0 spiro atoms. The molecule has 0 amide bonds. The molecule has 74 valence electrons. The monoisotopic (exact) mass is 269 g/mol. The summed E-state index contributed by atoms with van der Waals surface area (Å²) in [5.74, 6) is 0.797. The third-order valence-electron chi connectivity index (χ3n) is 2.44. The number of nitrogens with zero attached hydrogens (tertiary/aromatic N) is 1. The Hall–Kier alpha value is -0.410. The van der Waals surface area contributed by atoms with E-state index < -0.39 is 0 Å². The molecule has 0 aliphatic rings. The summed E-state index contributed by atoms with van der Waals surface area (Å²) in [4.78, 5) is 0. The van der Waals surface area contributed by atoms with Crippen LogP contribution >= 0.6 is 28.6 Å². The number of aryl methyl sites for hydroxylation is 1. The van der Waals surface area contributed by atoms with Gasteiger partial charge in [0.05, 0.1) is 0 Å². The number of benzene rings is 1. The van der Waals surface area contributed by atoms with Crippen LogP contribution < -0.4 is 0 Å². The average Bonchev–Trinajstić information content (AvgIpc) is 2.55. The van der Waals surface area contributed by atoms with Gasteiger partial charge in [0.15, 0.2) is 0 Å². The fourth-order valence-electron chi connectivity index (χ4n) is 1.73. The largest absolute Gasteiger partial charge is 0.347 e. The van der Waals surface area contributed by atoms with Crippen LogP contribution in [0.3, 0.4) is 0 Å². The Balaban J connectivity index is 2.75. The second-order valence-corrected chi connectivity index (χ2v) is 4.49. The predicted octanol–water partition coefficient (Wildman–Crippen LogP) is 3.85. The minimum atomic E-state index is 0.797. The first-order chi connectivity index (χ1) is 6.76. The van der Waals surface area contributed by atoms with Gasteiger partial charge in [-0.15, -0.1) is 0 Å². The zero-order valence-electron chi connectivity index (χ0n) is 8.00. The maximum absolute atomic E-state index is 4.34. The lowest BCUT2D eigenvalue weighted by atomic mass is 10.2. The van der Waals surface area contributed by atoms with E-state index in [0.717, 1.165) is 16.8 Å². The summed E-state index contributed by atoms with van der Waals surface area (Å²) in [6.45, 7) is 3.16. The topological polar surface area (TPSA) is 4.93 Å². The Kier molecular flexibility index (Phi) is 2.88. The van der Waals surface area contributed by atoms with Crippen LogP contribution in [0.2, 0.25) is 0 Å². The molecule has 3 heteroatoms. The average molecular weight is 270 g/mol. The fourth-order valence-corrected chi connectivity index (χ4v) is 2.33. The smallest absolute Gasteiger partial charge is 0.0494 e. The number of fused-ring (bicyclic) bond motifs is 1. The maximum Gasteiger partial charge on any atom is 0.0494 e. The molecule has 0 saturated heterocycles. The first kappa shape index (κ1) is 10.1. The summed E-state index contributed by atoms with van der Waals surface area (Å²) >= 11 is 7.83. The molecule has 2 rings (SSSR count). The van der Waals surface area contributed by atoms with Gasteiger partial charge in [-0.25, -0.2) is 0 Å². The lowest BCUT2D eigenvalue weighted by molar-refractivity contribution is 0.795. The second kappa shape index (κ2) is 3.99. The number of rotatable bonds is 2. The molecule has 1 aromatic carbocycles. The highest BCUT2D eigenvalue weighted by Gasteiger charge is 2.06. The van der Waals surface area contributed by atoms with E-state index in [1.54, 1.807) is 0 Å². The highest BCUT2D eigenvalue weighted by atomic mass is 79.9. The van der Waals surface area contributed by atoms with Gasteiger partial charge >= 0.3 is 0 Å². The standard InChI is InChI=1S/C11H12BrNS/c1-2-13-6-8(7-14)10-4-3-9(12)5-11(10)13/h3-6,14H,2,7H2,1H3. The molecule has 0 aliphatic heterocycles. The highest BCUT2D eigenvalue weighted by Crippen LogP contribution is 2.25. The van der Waals surface area contributed by atoms with E-state index in [1.165, 1.54) is 16.5 Å². The molecule has 1 nitrogen and oxygen atoms in total. The molecule has 0 fully saturated rings.